The van der Waals surface area contributed by atoms with Crippen molar-refractivity contribution in [3.05, 3.63) is 35.4 Å². The Morgan fingerprint density at radius 1 is 0.955 bits per heavy atom. The van der Waals surface area contributed by atoms with Crippen molar-refractivity contribution < 1.29 is 5.11 Å². The van der Waals surface area contributed by atoms with Gasteiger partial charge in [0, 0.05) is 25.2 Å². The summed E-state index contributed by atoms with van der Waals surface area (Å²) in [4.78, 5) is 5.49. The SMILES string of the molecule is OCc1ccc(CN2CCC3C(CCCN3C3CC3)C2)cc1. The molecule has 1 aromatic carbocycles. The lowest BCUT2D eigenvalue weighted by molar-refractivity contribution is 0.0154. The first kappa shape index (κ1) is 14.7. The van der Waals surface area contributed by atoms with Gasteiger partial charge >= 0.3 is 0 Å². The van der Waals surface area contributed by atoms with Gasteiger partial charge in [0.15, 0.2) is 0 Å². The Hall–Kier alpha value is -0.900. The van der Waals surface area contributed by atoms with E-state index in [-0.39, 0.29) is 6.61 Å². The van der Waals surface area contributed by atoms with Gasteiger partial charge in [-0.2, -0.15) is 0 Å². The maximum Gasteiger partial charge on any atom is 0.0681 e. The smallest absolute Gasteiger partial charge is 0.0681 e. The fourth-order valence-corrected chi connectivity index (χ4v) is 4.53. The highest BCUT2D eigenvalue weighted by atomic mass is 16.3. The van der Waals surface area contributed by atoms with Crippen LogP contribution in [0.25, 0.3) is 0 Å². The maximum atomic E-state index is 9.14. The minimum Gasteiger partial charge on any atom is -0.392 e. The predicted octanol–water partition coefficient (Wildman–Crippen LogP) is 2.63. The average molecular weight is 300 g/mol. The van der Waals surface area contributed by atoms with Crippen molar-refractivity contribution in [2.45, 2.75) is 57.3 Å². The molecule has 1 N–H and O–H groups in total. The molecule has 1 aromatic rings. The first-order valence-corrected chi connectivity index (χ1v) is 9.00. The van der Waals surface area contributed by atoms with Gasteiger partial charge in [0.25, 0.3) is 0 Å². The van der Waals surface area contributed by atoms with E-state index in [0.29, 0.717) is 0 Å². The molecule has 4 rings (SSSR count). The highest BCUT2D eigenvalue weighted by molar-refractivity contribution is 5.22. The third kappa shape index (κ3) is 3.08. The average Bonchev–Trinajstić information content (AvgIpc) is 3.40. The molecule has 120 valence electrons. The molecule has 1 aliphatic carbocycles. The number of likely N-dealkylation sites (tertiary alicyclic amines) is 2. The van der Waals surface area contributed by atoms with Gasteiger partial charge in [0.05, 0.1) is 6.61 Å². The van der Waals surface area contributed by atoms with E-state index in [4.69, 9.17) is 5.11 Å². The maximum absolute atomic E-state index is 9.14. The van der Waals surface area contributed by atoms with Crippen molar-refractivity contribution in [3.63, 3.8) is 0 Å². The number of nitrogens with zero attached hydrogens (tertiary/aromatic N) is 2. The zero-order valence-electron chi connectivity index (χ0n) is 13.5. The molecule has 0 radical (unpaired) electrons. The van der Waals surface area contributed by atoms with Crippen LogP contribution >= 0.6 is 0 Å². The summed E-state index contributed by atoms with van der Waals surface area (Å²) in [6.45, 7) is 5.08. The van der Waals surface area contributed by atoms with Gasteiger partial charge in [-0.1, -0.05) is 24.3 Å². The molecule has 3 fully saturated rings. The lowest BCUT2D eigenvalue weighted by Gasteiger charge is -2.47. The summed E-state index contributed by atoms with van der Waals surface area (Å²) in [5.74, 6) is 0.889. The van der Waals surface area contributed by atoms with Gasteiger partial charge in [-0.05, 0) is 62.2 Å². The van der Waals surface area contributed by atoms with E-state index in [0.717, 1.165) is 30.1 Å². The van der Waals surface area contributed by atoms with Gasteiger partial charge in [-0.15, -0.1) is 0 Å². The van der Waals surface area contributed by atoms with Gasteiger partial charge < -0.3 is 5.11 Å². The molecule has 0 amide bonds. The minimum absolute atomic E-state index is 0.144. The highest BCUT2D eigenvalue weighted by Gasteiger charge is 2.41. The molecule has 3 nitrogen and oxygen atoms in total. The lowest BCUT2D eigenvalue weighted by atomic mass is 9.83. The van der Waals surface area contributed by atoms with Gasteiger partial charge in [-0.3, -0.25) is 9.80 Å². The Kier molecular flexibility index (Phi) is 4.21. The number of hydrogen-bond acceptors (Lipinski definition) is 3. The van der Waals surface area contributed by atoms with E-state index in [2.05, 4.69) is 34.1 Å². The molecule has 2 aliphatic heterocycles. The molecule has 2 heterocycles. The number of aliphatic hydroxyl groups excluding tert-OH is 1. The highest BCUT2D eigenvalue weighted by Crippen LogP contribution is 2.38. The molecule has 1 saturated carbocycles. The lowest BCUT2D eigenvalue weighted by Crippen LogP contribution is -2.54. The molecule has 3 heteroatoms. The predicted molar refractivity (Wildman–Crippen MR) is 88.5 cm³/mol. The molecule has 2 atom stereocenters. The normalized spacial score (nSPS) is 30.2. The molecule has 0 bridgehead atoms. The number of piperidine rings is 2. The van der Waals surface area contributed by atoms with Crippen molar-refractivity contribution in [3.8, 4) is 0 Å². The molecule has 0 spiro atoms. The van der Waals surface area contributed by atoms with Crippen LogP contribution in [0.3, 0.4) is 0 Å². The number of fused-ring (bicyclic) bond motifs is 1. The fraction of sp³-hybridized carbons (Fsp3) is 0.684. The Morgan fingerprint density at radius 2 is 1.73 bits per heavy atom. The van der Waals surface area contributed by atoms with Crippen LogP contribution in [0.1, 0.15) is 43.2 Å². The quantitative estimate of drug-likeness (QED) is 0.926. The van der Waals surface area contributed by atoms with Crippen LogP contribution in [0.4, 0.5) is 0 Å². The Balaban J connectivity index is 1.36. The van der Waals surface area contributed by atoms with E-state index in [1.165, 1.54) is 57.3 Å². The number of hydrogen-bond donors (Lipinski definition) is 1. The van der Waals surface area contributed by atoms with E-state index in [9.17, 15) is 0 Å². The Labute approximate surface area is 133 Å². The standard InChI is InChI=1S/C19H28N2O/c22-14-16-5-3-15(4-6-16)12-20-11-9-19-17(13-20)2-1-10-21(19)18-7-8-18/h3-6,17-19,22H,1-2,7-14H2. The molecule has 0 aromatic heterocycles. The zero-order valence-corrected chi connectivity index (χ0v) is 13.5. The Bertz CT molecular complexity index is 497. The largest absolute Gasteiger partial charge is 0.392 e. The van der Waals surface area contributed by atoms with Crippen LogP contribution in [0.5, 0.6) is 0 Å². The van der Waals surface area contributed by atoms with Gasteiger partial charge in [0.1, 0.15) is 0 Å². The van der Waals surface area contributed by atoms with Crippen LogP contribution in [0, 0.1) is 5.92 Å². The van der Waals surface area contributed by atoms with E-state index in [1.807, 2.05) is 0 Å². The van der Waals surface area contributed by atoms with Crippen molar-refractivity contribution >= 4 is 0 Å². The molecular weight excluding hydrogens is 272 g/mol. The number of rotatable bonds is 4. The second kappa shape index (κ2) is 6.31. The minimum atomic E-state index is 0.144. The van der Waals surface area contributed by atoms with Crippen LogP contribution in [0.2, 0.25) is 0 Å². The first-order valence-electron chi connectivity index (χ1n) is 9.00. The van der Waals surface area contributed by atoms with Crippen LogP contribution in [-0.4, -0.2) is 46.6 Å². The van der Waals surface area contributed by atoms with Crippen molar-refractivity contribution in [2.75, 3.05) is 19.6 Å². The molecule has 3 aliphatic rings. The van der Waals surface area contributed by atoms with Crippen LogP contribution < -0.4 is 0 Å². The van der Waals surface area contributed by atoms with E-state index in [1.54, 1.807) is 0 Å². The zero-order chi connectivity index (χ0) is 14.9. The first-order chi connectivity index (χ1) is 10.8. The molecular formula is C19H28N2O. The summed E-state index contributed by atoms with van der Waals surface area (Å²) in [5.41, 5.74) is 2.39. The second-order valence-electron chi connectivity index (χ2n) is 7.44. The second-order valence-corrected chi connectivity index (χ2v) is 7.44. The van der Waals surface area contributed by atoms with Crippen molar-refractivity contribution in [1.82, 2.24) is 9.80 Å². The summed E-state index contributed by atoms with van der Waals surface area (Å²) >= 11 is 0. The number of aliphatic hydroxyl groups is 1. The summed E-state index contributed by atoms with van der Waals surface area (Å²) in [5, 5.41) is 9.14. The van der Waals surface area contributed by atoms with Crippen molar-refractivity contribution in [1.29, 1.82) is 0 Å². The third-order valence-electron chi connectivity index (χ3n) is 5.82. The van der Waals surface area contributed by atoms with Crippen molar-refractivity contribution in [2.24, 2.45) is 5.92 Å². The van der Waals surface area contributed by atoms with E-state index >= 15 is 0 Å². The van der Waals surface area contributed by atoms with Gasteiger partial charge in [0.2, 0.25) is 0 Å². The van der Waals surface area contributed by atoms with Gasteiger partial charge in [-0.25, -0.2) is 0 Å². The monoisotopic (exact) mass is 300 g/mol. The Morgan fingerprint density at radius 3 is 2.45 bits per heavy atom. The number of benzene rings is 1. The molecule has 2 saturated heterocycles. The molecule has 2 unspecified atom stereocenters. The third-order valence-corrected chi connectivity index (χ3v) is 5.82. The summed E-state index contributed by atoms with van der Waals surface area (Å²) in [7, 11) is 0. The fourth-order valence-electron chi connectivity index (χ4n) is 4.53. The van der Waals surface area contributed by atoms with Crippen LogP contribution in [-0.2, 0) is 13.2 Å². The van der Waals surface area contributed by atoms with Crippen LogP contribution in [0.15, 0.2) is 24.3 Å². The molecule has 22 heavy (non-hydrogen) atoms. The summed E-state index contributed by atoms with van der Waals surface area (Å²) in [6.07, 6.45) is 7.08. The summed E-state index contributed by atoms with van der Waals surface area (Å²) < 4.78 is 0. The topological polar surface area (TPSA) is 26.7 Å². The summed E-state index contributed by atoms with van der Waals surface area (Å²) in [6, 6.07) is 10.3. The van der Waals surface area contributed by atoms with E-state index < -0.39 is 0 Å².